The molecule has 0 heterocycles. The lowest BCUT2D eigenvalue weighted by Gasteiger charge is -2.29. The Morgan fingerprint density at radius 1 is 1.00 bits per heavy atom. The number of ether oxygens (including phenoxy) is 1. The van der Waals surface area contributed by atoms with Gasteiger partial charge in [-0.25, -0.2) is 0 Å². The van der Waals surface area contributed by atoms with Gasteiger partial charge >= 0.3 is 0 Å². The standard InChI is InChI=1S/C19H24O2/c1-4-13-19(20,16-9-6-5-7-10-16)17-11-8-12-18(14-17)21-15(2)3/h5-12,14-15,20H,4,13H2,1-3H3. The van der Waals surface area contributed by atoms with E-state index in [0.717, 1.165) is 23.3 Å². The van der Waals surface area contributed by atoms with Gasteiger partial charge in [-0.1, -0.05) is 55.8 Å². The maximum Gasteiger partial charge on any atom is 0.120 e. The van der Waals surface area contributed by atoms with E-state index in [-0.39, 0.29) is 6.10 Å². The number of hydrogen-bond donors (Lipinski definition) is 1. The summed E-state index contributed by atoms with van der Waals surface area (Å²) in [6, 6.07) is 17.6. The van der Waals surface area contributed by atoms with Gasteiger partial charge in [0.05, 0.1) is 6.10 Å². The van der Waals surface area contributed by atoms with Crippen molar-refractivity contribution in [2.75, 3.05) is 0 Å². The van der Waals surface area contributed by atoms with Crippen molar-refractivity contribution in [2.45, 2.75) is 45.3 Å². The highest BCUT2D eigenvalue weighted by molar-refractivity contribution is 5.40. The fourth-order valence-electron chi connectivity index (χ4n) is 2.63. The van der Waals surface area contributed by atoms with Gasteiger partial charge < -0.3 is 9.84 Å². The first-order chi connectivity index (χ1) is 10.1. The summed E-state index contributed by atoms with van der Waals surface area (Å²) < 4.78 is 5.75. The van der Waals surface area contributed by atoms with Crippen LogP contribution in [0.3, 0.4) is 0 Å². The van der Waals surface area contributed by atoms with E-state index in [9.17, 15) is 5.11 Å². The summed E-state index contributed by atoms with van der Waals surface area (Å²) in [5.74, 6) is 0.799. The van der Waals surface area contributed by atoms with Crippen LogP contribution in [0.4, 0.5) is 0 Å². The Kier molecular flexibility index (Phi) is 5.03. The molecule has 0 saturated carbocycles. The molecule has 0 saturated heterocycles. The lowest BCUT2D eigenvalue weighted by Crippen LogP contribution is -2.27. The van der Waals surface area contributed by atoms with E-state index in [0.29, 0.717) is 6.42 Å². The number of aliphatic hydroxyl groups is 1. The molecule has 1 N–H and O–H groups in total. The van der Waals surface area contributed by atoms with Gasteiger partial charge in [0.1, 0.15) is 11.4 Å². The van der Waals surface area contributed by atoms with Gasteiger partial charge in [-0.3, -0.25) is 0 Å². The summed E-state index contributed by atoms with van der Waals surface area (Å²) in [4.78, 5) is 0. The Hall–Kier alpha value is -1.80. The molecule has 0 aromatic heterocycles. The van der Waals surface area contributed by atoms with E-state index < -0.39 is 5.60 Å². The van der Waals surface area contributed by atoms with Crippen LogP contribution in [0.25, 0.3) is 0 Å². The SMILES string of the molecule is CCCC(O)(c1ccccc1)c1cccc(OC(C)C)c1. The van der Waals surface area contributed by atoms with E-state index in [1.165, 1.54) is 0 Å². The monoisotopic (exact) mass is 284 g/mol. The first kappa shape index (κ1) is 15.6. The predicted molar refractivity (Wildman–Crippen MR) is 86.6 cm³/mol. The summed E-state index contributed by atoms with van der Waals surface area (Å²) in [6.45, 7) is 6.09. The van der Waals surface area contributed by atoms with Crippen LogP contribution < -0.4 is 4.74 Å². The third-order valence-corrected chi connectivity index (χ3v) is 3.55. The van der Waals surface area contributed by atoms with E-state index in [4.69, 9.17) is 4.74 Å². The van der Waals surface area contributed by atoms with Crippen LogP contribution in [0, 0.1) is 0 Å². The molecule has 112 valence electrons. The molecule has 1 unspecified atom stereocenters. The van der Waals surface area contributed by atoms with Crippen LogP contribution >= 0.6 is 0 Å². The molecule has 21 heavy (non-hydrogen) atoms. The Bertz CT molecular complexity index is 563. The van der Waals surface area contributed by atoms with E-state index in [1.807, 2.05) is 68.4 Å². The van der Waals surface area contributed by atoms with Crippen molar-refractivity contribution in [1.82, 2.24) is 0 Å². The van der Waals surface area contributed by atoms with E-state index in [2.05, 4.69) is 6.92 Å². The molecule has 1 atom stereocenters. The van der Waals surface area contributed by atoms with Gasteiger partial charge in [0.25, 0.3) is 0 Å². The fourth-order valence-corrected chi connectivity index (χ4v) is 2.63. The van der Waals surface area contributed by atoms with Crippen LogP contribution in [0.1, 0.15) is 44.7 Å². The predicted octanol–water partition coefficient (Wildman–Crippen LogP) is 4.51. The molecular formula is C19H24O2. The molecule has 0 fully saturated rings. The zero-order valence-corrected chi connectivity index (χ0v) is 13.0. The van der Waals surface area contributed by atoms with Crippen LogP contribution in [0.5, 0.6) is 5.75 Å². The number of benzene rings is 2. The molecule has 0 aliphatic carbocycles. The Balaban J connectivity index is 2.43. The minimum absolute atomic E-state index is 0.122. The zero-order chi connectivity index (χ0) is 15.3. The quantitative estimate of drug-likeness (QED) is 0.845. The second-order valence-electron chi connectivity index (χ2n) is 5.67. The largest absolute Gasteiger partial charge is 0.491 e. The van der Waals surface area contributed by atoms with Crippen molar-refractivity contribution < 1.29 is 9.84 Å². The highest BCUT2D eigenvalue weighted by atomic mass is 16.5. The highest BCUT2D eigenvalue weighted by Gasteiger charge is 2.30. The molecule has 2 aromatic rings. The van der Waals surface area contributed by atoms with E-state index in [1.54, 1.807) is 0 Å². The molecule has 0 bridgehead atoms. The molecule has 0 radical (unpaired) electrons. The second kappa shape index (κ2) is 6.77. The smallest absolute Gasteiger partial charge is 0.120 e. The van der Waals surface area contributed by atoms with Crippen LogP contribution in [0.2, 0.25) is 0 Å². The third-order valence-electron chi connectivity index (χ3n) is 3.55. The van der Waals surface area contributed by atoms with E-state index >= 15 is 0 Å². The van der Waals surface area contributed by atoms with Crippen molar-refractivity contribution in [3.63, 3.8) is 0 Å². The molecule has 2 heteroatoms. The Morgan fingerprint density at radius 3 is 2.29 bits per heavy atom. The minimum Gasteiger partial charge on any atom is -0.491 e. The van der Waals surface area contributed by atoms with Gasteiger partial charge in [0.2, 0.25) is 0 Å². The summed E-state index contributed by atoms with van der Waals surface area (Å²) in [7, 11) is 0. The fraction of sp³-hybridized carbons (Fsp3) is 0.368. The molecular weight excluding hydrogens is 260 g/mol. The highest BCUT2D eigenvalue weighted by Crippen LogP contribution is 2.35. The van der Waals surface area contributed by atoms with Crippen LogP contribution in [0.15, 0.2) is 54.6 Å². The molecule has 2 rings (SSSR count). The van der Waals surface area contributed by atoms with Gasteiger partial charge in [-0.2, -0.15) is 0 Å². The molecule has 0 amide bonds. The van der Waals surface area contributed by atoms with Crippen molar-refractivity contribution >= 4 is 0 Å². The first-order valence-corrected chi connectivity index (χ1v) is 7.61. The normalized spacial score (nSPS) is 14.0. The minimum atomic E-state index is -0.966. The molecule has 0 aliphatic heterocycles. The molecule has 2 nitrogen and oxygen atoms in total. The summed E-state index contributed by atoms with van der Waals surface area (Å²) >= 11 is 0. The summed E-state index contributed by atoms with van der Waals surface area (Å²) in [5.41, 5.74) is 0.842. The topological polar surface area (TPSA) is 29.5 Å². The number of hydrogen-bond acceptors (Lipinski definition) is 2. The second-order valence-corrected chi connectivity index (χ2v) is 5.67. The number of rotatable bonds is 6. The molecule has 2 aromatic carbocycles. The first-order valence-electron chi connectivity index (χ1n) is 7.61. The average molecular weight is 284 g/mol. The van der Waals surface area contributed by atoms with Crippen molar-refractivity contribution in [1.29, 1.82) is 0 Å². The van der Waals surface area contributed by atoms with Gasteiger partial charge in [-0.05, 0) is 43.5 Å². The maximum atomic E-state index is 11.3. The van der Waals surface area contributed by atoms with Crippen molar-refractivity contribution in [3.8, 4) is 5.75 Å². The van der Waals surface area contributed by atoms with Crippen LogP contribution in [-0.4, -0.2) is 11.2 Å². The Morgan fingerprint density at radius 2 is 1.67 bits per heavy atom. The van der Waals surface area contributed by atoms with Crippen molar-refractivity contribution in [2.24, 2.45) is 0 Å². The van der Waals surface area contributed by atoms with Crippen molar-refractivity contribution in [3.05, 3.63) is 65.7 Å². The maximum absolute atomic E-state index is 11.3. The third kappa shape index (κ3) is 3.64. The lowest BCUT2D eigenvalue weighted by atomic mass is 9.83. The molecule has 0 spiro atoms. The van der Waals surface area contributed by atoms with Gasteiger partial charge in [0.15, 0.2) is 0 Å². The Labute approximate surface area is 127 Å². The van der Waals surface area contributed by atoms with Gasteiger partial charge in [-0.15, -0.1) is 0 Å². The lowest BCUT2D eigenvalue weighted by molar-refractivity contribution is 0.0697. The van der Waals surface area contributed by atoms with Gasteiger partial charge in [0, 0.05) is 0 Å². The average Bonchev–Trinajstić information content (AvgIpc) is 2.48. The summed E-state index contributed by atoms with van der Waals surface area (Å²) in [5, 5.41) is 11.3. The summed E-state index contributed by atoms with van der Waals surface area (Å²) in [6.07, 6.45) is 1.71. The zero-order valence-electron chi connectivity index (χ0n) is 13.0. The van der Waals surface area contributed by atoms with Crippen LogP contribution in [-0.2, 0) is 5.60 Å². The molecule has 0 aliphatic rings.